The zero-order valence-corrected chi connectivity index (χ0v) is 24.8. The van der Waals surface area contributed by atoms with Crippen molar-refractivity contribution in [3.8, 4) is 0 Å². The molecule has 44 heavy (non-hydrogen) atoms. The second kappa shape index (κ2) is 19.0. The summed E-state index contributed by atoms with van der Waals surface area (Å²) in [7, 11) is -9.89. The zero-order chi connectivity index (χ0) is 31.9. The number of rotatable bonds is 6. The van der Waals surface area contributed by atoms with Crippen LogP contribution in [-0.4, -0.2) is 37.3 Å². The molecule has 0 aliphatic heterocycles. The fraction of sp³-hybridized carbons (Fsp3) is 0.115. The van der Waals surface area contributed by atoms with Crippen LogP contribution in [0.3, 0.4) is 0 Å². The third kappa shape index (κ3) is 17.6. The van der Waals surface area contributed by atoms with Gasteiger partial charge in [0.25, 0.3) is 0 Å². The van der Waals surface area contributed by atoms with Gasteiger partial charge in [-0.3, -0.25) is 24.8 Å². The van der Waals surface area contributed by atoms with E-state index in [1.807, 2.05) is 48.5 Å². The summed E-state index contributed by atoms with van der Waals surface area (Å²) < 4.78 is 67.9. The number of aromatic nitrogens is 4. The first-order valence-corrected chi connectivity index (χ1v) is 14.2. The van der Waals surface area contributed by atoms with E-state index in [1.165, 1.54) is 0 Å². The van der Waals surface area contributed by atoms with Crippen LogP contribution in [0, 0.1) is 20.5 Å². The first-order chi connectivity index (χ1) is 20.2. The van der Waals surface area contributed by atoms with E-state index in [9.17, 15) is 9.90 Å². The summed E-state index contributed by atoms with van der Waals surface area (Å²) in [5.74, 6) is -1.10. The van der Waals surface area contributed by atoms with Crippen molar-refractivity contribution in [2.75, 3.05) is 6.54 Å². The molecule has 5 aromatic rings. The van der Waals surface area contributed by atoms with Crippen LogP contribution in [0.1, 0.15) is 11.4 Å². The largest absolute Gasteiger partial charge is 3.00 e. The van der Waals surface area contributed by atoms with Crippen molar-refractivity contribution in [2.24, 2.45) is 0 Å². The predicted octanol–water partition coefficient (Wildman–Crippen LogP) is -6.50. The first-order valence-electron chi connectivity index (χ1n) is 11.7. The Morgan fingerprint density at radius 1 is 0.568 bits per heavy atom. The molecule has 4 heterocycles. The topological polar surface area (TPSA) is 279 Å². The molecule has 0 fully saturated rings. The SMILES string of the molecule is O=C([O-])CN(Cc1ccccn1)Cc1ccccn1.[Co+3].[O-][Cl+3]([O-])([O-])[O-].[O-][Cl+3]([O-])([O-])[O-].c1cnc2c(c1)ccc1cccnc12. The van der Waals surface area contributed by atoms with Crippen LogP contribution < -0.4 is 42.4 Å². The minimum absolute atomic E-state index is 0. The monoisotopic (exact) mass is 693 g/mol. The van der Waals surface area contributed by atoms with Crippen LogP contribution in [0.15, 0.2) is 97.6 Å². The average molecular weight is 694 g/mol. The summed E-state index contributed by atoms with van der Waals surface area (Å²) in [5.41, 5.74) is 3.59. The maximum absolute atomic E-state index is 10.8. The van der Waals surface area contributed by atoms with E-state index in [-0.39, 0.29) is 23.3 Å². The smallest absolute Gasteiger partial charge is 0.549 e. The van der Waals surface area contributed by atoms with Gasteiger partial charge in [-0.25, -0.2) is 37.3 Å². The van der Waals surface area contributed by atoms with Gasteiger partial charge < -0.3 is 9.90 Å². The van der Waals surface area contributed by atoms with Crippen LogP contribution >= 0.6 is 0 Å². The van der Waals surface area contributed by atoms with Gasteiger partial charge in [0.05, 0.1) is 28.4 Å². The van der Waals surface area contributed by atoms with Crippen LogP contribution in [0.2, 0.25) is 0 Å². The predicted molar refractivity (Wildman–Crippen MR) is 125 cm³/mol. The van der Waals surface area contributed by atoms with Gasteiger partial charge in [0.15, 0.2) is 0 Å². The summed E-state index contributed by atoms with van der Waals surface area (Å²) in [4.78, 5) is 29.6. The molecule has 0 saturated carbocycles. The minimum atomic E-state index is -4.94. The Balaban J connectivity index is 0.000000338. The van der Waals surface area contributed by atoms with Crippen molar-refractivity contribution in [3.05, 3.63) is 109 Å². The van der Waals surface area contributed by atoms with Crippen LogP contribution in [-0.2, 0) is 34.7 Å². The van der Waals surface area contributed by atoms with E-state index in [0.717, 1.165) is 33.2 Å². The molecule has 0 atom stereocenters. The fourth-order valence-corrected chi connectivity index (χ4v) is 3.47. The maximum Gasteiger partial charge on any atom is 3.00 e. The quantitative estimate of drug-likeness (QED) is 0.149. The van der Waals surface area contributed by atoms with Gasteiger partial charge in [0.1, 0.15) is 0 Å². The Bertz CT molecular complexity index is 1430. The van der Waals surface area contributed by atoms with Gasteiger partial charge in [-0.15, -0.1) is 20.5 Å². The average Bonchev–Trinajstić information content (AvgIpc) is 2.92. The molecular formula is C26H22Cl2CoN5O10. The second-order valence-corrected chi connectivity index (χ2v) is 9.64. The molecule has 1 aromatic carbocycles. The molecule has 18 heteroatoms. The van der Waals surface area contributed by atoms with Crippen LogP contribution in [0.4, 0.5) is 0 Å². The molecule has 0 radical (unpaired) electrons. The van der Waals surface area contributed by atoms with Crippen LogP contribution in [0.5, 0.6) is 0 Å². The molecule has 0 amide bonds. The Morgan fingerprint density at radius 3 is 1.25 bits per heavy atom. The van der Waals surface area contributed by atoms with Crippen molar-refractivity contribution >= 4 is 27.8 Å². The third-order valence-electron chi connectivity index (χ3n) is 4.92. The number of fused-ring (bicyclic) bond motifs is 3. The van der Waals surface area contributed by atoms with Crippen molar-refractivity contribution in [3.63, 3.8) is 0 Å². The molecule has 0 saturated heterocycles. The van der Waals surface area contributed by atoms with E-state index in [0.29, 0.717) is 13.1 Å². The molecule has 0 N–H and O–H groups in total. The van der Waals surface area contributed by atoms with E-state index < -0.39 is 26.5 Å². The third-order valence-corrected chi connectivity index (χ3v) is 4.92. The molecule has 4 aromatic heterocycles. The number of carbonyl (C=O) groups excluding carboxylic acids is 1. The van der Waals surface area contributed by atoms with Crippen molar-refractivity contribution in [1.82, 2.24) is 24.8 Å². The van der Waals surface area contributed by atoms with Crippen LogP contribution in [0.25, 0.3) is 21.8 Å². The number of halogens is 2. The molecule has 5 rings (SSSR count). The fourth-order valence-electron chi connectivity index (χ4n) is 3.47. The summed E-state index contributed by atoms with van der Waals surface area (Å²) >= 11 is 0. The molecule has 0 aliphatic carbocycles. The van der Waals surface area contributed by atoms with Crippen molar-refractivity contribution in [2.45, 2.75) is 13.1 Å². The summed E-state index contributed by atoms with van der Waals surface area (Å²) in [5, 5.41) is 13.1. The second-order valence-electron chi connectivity index (χ2n) is 8.13. The number of carboxylic acids is 1. The molecule has 15 nitrogen and oxygen atoms in total. The standard InChI is InChI=1S/C14H15N3O2.C12H8N2.2ClHO4.Co/c18-14(19)11-17(9-12-5-1-3-7-15-12)10-13-6-2-4-8-16-13;1-3-9-5-6-10-4-2-8-14-12(10)11(9)13-7-1;2*2-1(3,4)5;/h1-8H,9-11H2,(H,18,19);1-8H;2*(H,2,3,4,5);/q;;;;+3/p-3. The number of hydrogen-bond donors (Lipinski definition) is 0. The Kier molecular flexibility index (Phi) is 16.7. The Labute approximate surface area is 265 Å². The molecule has 234 valence electrons. The number of nitrogens with zero attached hydrogens (tertiary/aromatic N) is 5. The number of carboxylic acid groups (broad SMARTS) is 1. The van der Waals surface area contributed by atoms with E-state index in [4.69, 9.17) is 37.3 Å². The number of aliphatic carboxylic acids is 1. The van der Waals surface area contributed by atoms with E-state index in [1.54, 1.807) is 29.7 Å². The van der Waals surface area contributed by atoms with Gasteiger partial charge in [-0.2, -0.15) is 0 Å². The van der Waals surface area contributed by atoms with Crippen molar-refractivity contribution in [1.29, 1.82) is 0 Å². The number of benzene rings is 1. The molecular weight excluding hydrogens is 672 g/mol. The Morgan fingerprint density at radius 2 is 0.932 bits per heavy atom. The minimum Gasteiger partial charge on any atom is -0.549 e. The first kappa shape index (κ1) is 38.6. The summed E-state index contributed by atoms with van der Waals surface area (Å²) in [6, 6.07) is 23.3. The Hall–Kier alpha value is -3.46. The number of carbonyl (C=O) groups is 1. The van der Waals surface area contributed by atoms with Gasteiger partial charge in [-0.05, 0) is 36.4 Å². The van der Waals surface area contributed by atoms with Gasteiger partial charge in [0, 0.05) is 55.2 Å². The van der Waals surface area contributed by atoms with Gasteiger partial charge in [0.2, 0.25) is 0 Å². The molecule has 0 aliphatic rings. The molecule has 0 bridgehead atoms. The summed E-state index contributed by atoms with van der Waals surface area (Å²) in [6.45, 7) is 0.754. The van der Waals surface area contributed by atoms with Gasteiger partial charge >= 0.3 is 16.8 Å². The van der Waals surface area contributed by atoms with Gasteiger partial charge in [-0.1, -0.05) is 36.4 Å². The molecule has 0 unspecified atom stereocenters. The zero-order valence-electron chi connectivity index (χ0n) is 22.3. The van der Waals surface area contributed by atoms with Crippen molar-refractivity contribution < 1.29 is 84.4 Å². The normalized spacial score (nSPS) is 10.8. The number of pyridine rings is 4. The molecule has 0 spiro atoms. The van der Waals surface area contributed by atoms with E-state index >= 15 is 0 Å². The summed E-state index contributed by atoms with van der Waals surface area (Å²) in [6.07, 6.45) is 6.98. The maximum atomic E-state index is 10.8. The number of hydrogen-bond acceptors (Lipinski definition) is 15. The van der Waals surface area contributed by atoms with E-state index in [2.05, 4.69) is 44.2 Å².